The molecule has 1 saturated carbocycles. The van der Waals surface area contributed by atoms with E-state index >= 15 is 0 Å². The molecule has 128 valence electrons. The molecule has 0 bridgehead atoms. The van der Waals surface area contributed by atoms with Gasteiger partial charge in [-0.1, -0.05) is 25.3 Å². The van der Waals surface area contributed by atoms with Crippen LogP contribution in [-0.2, 0) is 11.2 Å². The quantitative estimate of drug-likeness (QED) is 0.866. The second-order valence-electron chi connectivity index (χ2n) is 6.42. The smallest absolute Gasteiger partial charge is 0.225 e. The minimum Gasteiger partial charge on any atom is -0.385 e. The third kappa shape index (κ3) is 3.62. The van der Waals surface area contributed by atoms with Gasteiger partial charge in [-0.3, -0.25) is 4.79 Å². The van der Waals surface area contributed by atoms with Crippen molar-refractivity contribution in [2.24, 2.45) is 11.7 Å². The maximum atomic E-state index is 11.2. The van der Waals surface area contributed by atoms with Crippen LogP contribution in [0.4, 0.5) is 0 Å². The van der Waals surface area contributed by atoms with E-state index in [1.165, 1.54) is 6.42 Å². The van der Waals surface area contributed by atoms with Crippen LogP contribution in [0.25, 0.3) is 5.82 Å². The van der Waals surface area contributed by atoms with Crippen molar-refractivity contribution in [3.05, 3.63) is 35.5 Å². The van der Waals surface area contributed by atoms with Gasteiger partial charge in [-0.25, -0.2) is 9.97 Å². The summed E-state index contributed by atoms with van der Waals surface area (Å²) >= 11 is 0. The summed E-state index contributed by atoms with van der Waals surface area (Å²) in [5.74, 6) is 1.01. The van der Waals surface area contributed by atoms with Gasteiger partial charge in [-0.2, -0.15) is 4.68 Å². The summed E-state index contributed by atoms with van der Waals surface area (Å²) in [7, 11) is 0. The molecule has 0 aromatic carbocycles. The van der Waals surface area contributed by atoms with Gasteiger partial charge < -0.3 is 10.8 Å². The van der Waals surface area contributed by atoms with E-state index in [1.54, 1.807) is 4.68 Å². The Labute approximate surface area is 140 Å². The van der Waals surface area contributed by atoms with Crippen molar-refractivity contribution < 1.29 is 9.90 Å². The number of aryl methyl sites for hydroxylation is 1. The first-order chi connectivity index (χ1) is 11.5. The van der Waals surface area contributed by atoms with Gasteiger partial charge in [0.1, 0.15) is 6.10 Å². The van der Waals surface area contributed by atoms with Gasteiger partial charge in [-0.05, 0) is 37.8 Å². The molecule has 1 atom stereocenters. The van der Waals surface area contributed by atoms with Crippen molar-refractivity contribution in [3.63, 3.8) is 0 Å². The van der Waals surface area contributed by atoms with Gasteiger partial charge in [0.15, 0.2) is 17.5 Å². The van der Waals surface area contributed by atoms with Crippen LogP contribution in [0.1, 0.15) is 55.6 Å². The van der Waals surface area contributed by atoms with E-state index in [4.69, 9.17) is 5.73 Å². The van der Waals surface area contributed by atoms with Crippen LogP contribution in [0.2, 0.25) is 0 Å². The lowest BCUT2D eigenvalue weighted by Crippen LogP contribution is -2.20. The summed E-state index contributed by atoms with van der Waals surface area (Å²) in [4.78, 5) is 20.1. The topological polar surface area (TPSA) is 107 Å². The van der Waals surface area contributed by atoms with Crippen LogP contribution in [0.5, 0.6) is 0 Å². The molecule has 0 radical (unpaired) electrons. The highest BCUT2D eigenvalue weighted by Crippen LogP contribution is 2.34. The van der Waals surface area contributed by atoms with E-state index in [2.05, 4.69) is 15.1 Å². The Balaban J connectivity index is 1.98. The third-order valence-electron chi connectivity index (χ3n) is 4.46. The van der Waals surface area contributed by atoms with Crippen molar-refractivity contribution in [2.75, 3.05) is 0 Å². The van der Waals surface area contributed by atoms with Crippen LogP contribution >= 0.6 is 0 Å². The summed E-state index contributed by atoms with van der Waals surface area (Å²) < 4.78 is 1.55. The molecule has 24 heavy (non-hydrogen) atoms. The van der Waals surface area contributed by atoms with Crippen LogP contribution in [0, 0.1) is 12.8 Å². The van der Waals surface area contributed by atoms with Gasteiger partial charge in [-0.15, -0.1) is 5.10 Å². The zero-order valence-electron chi connectivity index (χ0n) is 13.9. The lowest BCUT2D eigenvalue weighted by atomic mass is 9.85. The highest BCUT2D eigenvalue weighted by atomic mass is 16.3. The highest BCUT2D eigenvalue weighted by molar-refractivity contribution is 5.75. The van der Waals surface area contributed by atoms with Crippen LogP contribution in [0.3, 0.4) is 0 Å². The standard InChI is InChI=1S/C17H23N5O2/c1-11-6-5-9-15(19-11)22-17(20-14(21-22)10-13(18)23)16(24)12-7-3-2-4-8-12/h5-6,9,12,16,24H,2-4,7-8,10H2,1H3,(H2,18,23)/t16-/m1/s1. The monoisotopic (exact) mass is 329 g/mol. The highest BCUT2D eigenvalue weighted by Gasteiger charge is 2.29. The maximum Gasteiger partial charge on any atom is 0.225 e. The zero-order chi connectivity index (χ0) is 17.1. The normalized spacial score (nSPS) is 16.9. The Morgan fingerprint density at radius 1 is 1.33 bits per heavy atom. The molecule has 7 nitrogen and oxygen atoms in total. The molecule has 0 spiro atoms. The zero-order valence-corrected chi connectivity index (χ0v) is 13.9. The minimum atomic E-state index is -0.721. The molecule has 1 fully saturated rings. The van der Waals surface area contributed by atoms with E-state index < -0.39 is 12.0 Å². The number of primary amides is 1. The van der Waals surface area contributed by atoms with E-state index in [0.29, 0.717) is 17.5 Å². The number of carbonyl (C=O) groups is 1. The van der Waals surface area contributed by atoms with Crippen LogP contribution in [-0.4, -0.2) is 30.8 Å². The van der Waals surface area contributed by atoms with Crippen molar-refractivity contribution in [1.82, 2.24) is 19.7 Å². The molecule has 0 aliphatic heterocycles. The Bertz CT molecular complexity index is 722. The van der Waals surface area contributed by atoms with E-state index in [0.717, 1.165) is 31.4 Å². The Morgan fingerprint density at radius 3 is 2.75 bits per heavy atom. The predicted molar refractivity (Wildman–Crippen MR) is 88.3 cm³/mol. The number of rotatable bonds is 5. The van der Waals surface area contributed by atoms with E-state index in [9.17, 15) is 9.90 Å². The molecule has 2 aromatic heterocycles. The van der Waals surface area contributed by atoms with E-state index in [-0.39, 0.29) is 12.3 Å². The number of hydrogen-bond acceptors (Lipinski definition) is 5. The van der Waals surface area contributed by atoms with Gasteiger partial charge in [0.2, 0.25) is 5.91 Å². The number of hydrogen-bond donors (Lipinski definition) is 2. The number of pyridine rings is 1. The summed E-state index contributed by atoms with van der Waals surface area (Å²) in [6.07, 6.45) is 4.62. The fraction of sp³-hybridized carbons (Fsp3) is 0.529. The lowest BCUT2D eigenvalue weighted by Gasteiger charge is -2.26. The molecule has 2 aromatic rings. The predicted octanol–water partition coefficient (Wildman–Crippen LogP) is 1.61. The van der Waals surface area contributed by atoms with Gasteiger partial charge in [0.05, 0.1) is 6.42 Å². The van der Waals surface area contributed by atoms with Crippen molar-refractivity contribution in [3.8, 4) is 5.82 Å². The Kier molecular flexibility index (Phi) is 4.89. The van der Waals surface area contributed by atoms with Gasteiger partial charge in [0, 0.05) is 5.69 Å². The number of carbonyl (C=O) groups excluding carboxylic acids is 1. The lowest BCUT2D eigenvalue weighted by molar-refractivity contribution is -0.117. The molecular weight excluding hydrogens is 306 g/mol. The molecule has 1 aliphatic rings. The molecule has 0 unspecified atom stereocenters. The molecule has 2 heterocycles. The fourth-order valence-electron chi connectivity index (χ4n) is 3.27. The molecule has 0 saturated heterocycles. The first-order valence-corrected chi connectivity index (χ1v) is 8.41. The van der Waals surface area contributed by atoms with E-state index in [1.807, 2.05) is 25.1 Å². The molecule has 1 aliphatic carbocycles. The number of aliphatic hydroxyl groups is 1. The second kappa shape index (κ2) is 7.09. The second-order valence-corrected chi connectivity index (χ2v) is 6.42. The first kappa shape index (κ1) is 16.6. The van der Waals surface area contributed by atoms with Crippen molar-refractivity contribution in [1.29, 1.82) is 0 Å². The molecule has 3 N–H and O–H groups in total. The summed E-state index contributed by atoms with van der Waals surface area (Å²) in [5.41, 5.74) is 6.10. The maximum absolute atomic E-state index is 11.2. The summed E-state index contributed by atoms with van der Waals surface area (Å²) in [6.45, 7) is 1.89. The largest absolute Gasteiger partial charge is 0.385 e. The molecular formula is C17H23N5O2. The minimum absolute atomic E-state index is 0.0524. The van der Waals surface area contributed by atoms with Crippen LogP contribution in [0.15, 0.2) is 18.2 Å². The number of amides is 1. The fourth-order valence-corrected chi connectivity index (χ4v) is 3.27. The first-order valence-electron chi connectivity index (χ1n) is 8.41. The summed E-state index contributed by atoms with van der Waals surface area (Å²) in [5, 5.41) is 15.2. The van der Waals surface area contributed by atoms with Gasteiger partial charge in [0.25, 0.3) is 0 Å². The number of aromatic nitrogens is 4. The third-order valence-corrected chi connectivity index (χ3v) is 4.46. The van der Waals surface area contributed by atoms with Gasteiger partial charge >= 0.3 is 0 Å². The number of aliphatic hydroxyl groups excluding tert-OH is 1. The molecule has 3 rings (SSSR count). The molecule has 7 heteroatoms. The average molecular weight is 329 g/mol. The molecule has 1 amide bonds. The number of nitrogens with two attached hydrogens (primary N) is 1. The average Bonchev–Trinajstić information content (AvgIpc) is 2.98. The number of nitrogens with zero attached hydrogens (tertiary/aromatic N) is 4. The van der Waals surface area contributed by atoms with Crippen LogP contribution < -0.4 is 5.73 Å². The van der Waals surface area contributed by atoms with Crippen molar-refractivity contribution >= 4 is 5.91 Å². The Hall–Kier alpha value is -2.28. The SMILES string of the molecule is Cc1cccc(-n2nc(CC(N)=O)nc2[C@H](O)C2CCCCC2)n1. The van der Waals surface area contributed by atoms with Crippen molar-refractivity contribution in [2.45, 2.75) is 51.6 Å². The summed E-state index contributed by atoms with van der Waals surface area (Å²) in [6, 6.07) is 5.58. The Morgan fingerprint density at radius 2 is 2.08 bits per heavy atom.